The first-order valence-corrected chi connectivity index (χ1v) is 33.2. The standard InChI is InChI=1S/C21H24FN2.3C20H20FN2/c1-5-15(6-2)18-8-7-9-19-20(18)23-13-24(4)21(19)17-11-10-16(22)12-14(17)3;1-13-11-15(21)9-10-16(13)20-18-8-4-7-17(14-5-3-6-14)19(18)22-12-23(20)2;1-13-10-16(21)7-8-17(13)20-18-11-15(14-4-3-5-14)6-9-19(18)22-12-23(20)2;1-13-10-16(21)7-9-17(13)20-18-8-6-15(14-4-3-5-14)11-19(18)22-12-23(20)2/h7-13,15H,5-6H2,1-4H3;4,7-12,14H,3,5-6H2,1-2H3;2*6-12,14H,3-5H2,1-2H3/q4*+1. The minimum Gasteiger partial charge on any atom is -0.232 e. The SMILES string of the molecule is CCC(CC)c1cccc2c(-c3ccc(F)cc3C)[n+](C)cnc12.Cc1cc(F)ccc1-c1c2cc(C3CCC3)ccc2nc[n+]1C.Cc1cc(F)ccc1-c1c2ccc(C3CCC3)cc2nc[n+]1C.Cc1cc(F)ccc1-c1c2cccc(C3CCC3)c2nc[n+]1C. The highest BCUT2D eigenvalue weighted by atomic mass is 19.1. The van der Waals surface area contributed by atoms with E-state index < -0.39 is 0 Å². The highest BCUT2D eigenvalue weighted by Gasteiger charge is 2.29. The number of halogens is 4. The average Bonchev–Trinajstić information content (AvgIpc) is 0.856. The van der Waals surface area contributed by atoms with Gasteiger partial charge in [-0.15, -0.1) is 0 Å². The third-order valence-electron chi connectivity index (χ3n) is 20.0. The van der Waals surface area contributed by atoms with Crippen LogP contribution in [-0.4, -0.2) is 19.9 Å². The molecule has 0 unspecified atom stereocenters. The second-order valence-electron chi connectivity index (χ2n) is 26.1. The molecule has 0 spiro atoms. The summed E-state index contributed by atoms with van der Waals surface area (Å²) < 4.78 is 62.0. The molecule has 0 amide bonds. The third kappa shape index (κ3) is 13.2. The van der Waals surface area contributed by atoms with Crippen LogP contribution < -0.4 is 18.3 Å². The second kappa shape index (κ2) is 27.6. The molecular formula is C81H84F4N8+4. The van der Waals surface area contributed by atoms with Crippen LogP contribution in [0.1, 0.15) is 153 Å². The summed E-state index contributed by atoms with van der Waals surface area (Å²) in [6.45, 7) is 12.3. The zero-order valence-electron chi connectivity index (χ0n) is 55.3. The fourth-order valence-corrected chi connectivity index (χ4v) is 14.1. The Kier molecular flexibility index (Phi) is 19.0. The Balaban J connectivity index is 0.000000119. The molecule has 0 N–H and O–H groups in total. The molecule has 472 valence electrons. The van der Waals surface area contributed by atoms with Crippen LogP contribution in [0, 0.1) is 51.0 Å². The molecule has 0 bridgehead atoms. The van der Waals surface area contributed by atoms with Gasteiger partial charge in [-0.25, -0.2) is 35.8 Å². The predicted molar refractivity (Wildman–Crippen MR) is 365 cm³/mol. The van der Waals surface area contributed by atoms with Crippen molar-refractivity contribution in [3.8, 4) is 45.0 Å². The van der Waals surface area contributed by atoms with Crippen molar-refractivity contribution in [3.05, 3.63) is 239 Å². The molecule has 3 aliphatic carbocycles. The Hall–Kier alpha value is -9.16. The van der Waals surface area contributed by atoms with Crippen LogP contribution in [0.4, 0.5) is 17.6 Å². The van der Waals surface area contributed by atoms with Gasteiger partial charge in [0.05, 0.1) is 49.7 Å². The summed E-state index contributed by atoms with van der Waals surface area (Å²) >= 11 is 0. The maximum absolute atomic E-state index is 13.5. The molecule has 4 aromatic heterocycles. The van der Waals surface area contributed by atoms with Gasteiger partial charge in [0.2, 0.25) is 0 Å². The molecule has 0 aliphatic heterocycles. The van der Waals surface area contributed by atoms with Crippen LogP contribution >= 0.6 is 0 Å². The molecule has 3 saturated carbocycles. The predicted octanol–water partition coefficient (Wildman–Crippen LogP) is 18.4. The lowest BCUT2D eigenvalue weighted by atomic mass is 9.79. The first kappa shape index (κ1) is 64.0. The van der Waals surface area contributed by atoms with E-state index in [0.717, 1.165) is 124 Å². The first-order valence-electron chi connectivity index (χ1n) is 33.2. The van der Waals surface area contributed by atoms with Gasteiger partial charge in [0, 0.05) is 33.4 Å². The Morgan fingerprint density at radius 2 is 0.763 bits per heavy atom. The Morgan fingerprint density at radius 1 is 0.376 bits per heavy atom. The van der Waals surface area contributed by atoms with E-state index in [9.17, 15) is 17.6 Å². The highest BCUT2D eigenvalue weighted by Crippen LogP contribution is 2.43. The first-order chi connectivity index (χ1) is 45.0. The number of rotatable bonds is 10. The van der Waals surface area contributed by atoms with E-state index in [2.05, 4.69) is 96.6 Å². The smallest absolute Gasteiger partial charge is 0.232 e. The van der Waals surface area contributed by atoms with E-state index in [1.807, 2.05) is 124 Å². The molecule has 15 rings (SSSR count). The van der Waals surface area contributed by atoms with E-state index in [1.54, 1.807) is 24.3 Å². The van der Waals surface area contributed by atoms with E-state index in [1.165, 1.54) is 104 Å². The molecule has 8 nitrogen and oxygen atoms in total. The molecule has 3 aliphatic rings. The van der Waals surface area contributed by atoms with Gasteiger partial charge >= 0.3 is 0 Å². The van der Waals surface area contributed by atoms with Crippen molar-refractivity contribution in [2.24, 2.45) is 28.2 Å². The van der Waals surface area contributed by atoms with Crippen molar-refractivity contribution in [1.29, 1.82) is 0 Å². The summed E-state index contributed by atoms with van der Waals surface area (Å²) in [6, 6.07) is 46.1. The number of para-hydroxylation sites is 2. The second-order valence-corrected chi connectivity index (χ2v) is 26.1. The molecule has 12 aromatic rings. The number of hydrogen-bond acceptors (Lipinski definition) is 4. The third-order valence-corrected chi connectivity index (χ3v) is 20.0. The molecule has 8 aromatic carbocycles. The van der Waals surface area contributed by atoms with Crippen molar-refractivity contribution in [3.63, 3.8) is 0 Å². The number of nitrogens with zero attached hydrogens (tertiary/aromatic N) is 8. The van der Waals surface area contributed by atoms with Gasteiger partial charge in [-0.05, 0) is 265 Å². The lowest BCUT2D eigenvalue weighted by molar-refractivity contribution is -0.662. The number of aromatic nitrogens is 8. The minimum absolute atomic E-state index is 0.192. The van der Waals surface area contributed by atoms with Crippen LogP contribution in [-0.2, 0) is 28.2 Å². The van der Waals surface area contributed by atoms with Crippen molar-refractivity contribution >= 4 is 43.6 Å². The number of hydrogen-bond donors (Lipinski definition) is 0. The molecule has 0 saturated heterocycles. The maximum Gasteiger partial charge on any atom is 0.287 e. The highest BCUT2D eigenvalue weighted by molar-refractivity contribution is 5.96. The van der Waals surface area contributed by atoms with E-state index in [-0.39, 0.29) is 23.3 Å². The minimum atomic E-state index is -0.199. The summed E-state index contributed by atoms with van der Waals surface area (Å²) in [6.07, 6.45) is 21.3. The quantitative estimate of drug-likeness (QED) is 0.101. The molecule has 4 heterocycles. The maximum atomic E-state index is 13.5. The summed E-state index contributed by atoms with van der Waals surface area (Å²) in [4.78, 5) is 18.6. The average molecular weight is 1250 g/mol. The molecule has 0 radical (unpaired) electrons. The zero-order valence-corrected chi connectivity index (χ0v) is 55.3. The van der Waals surface area contributed by atoms with Gasteiger partial charge in [-0.3, -0.25) is 0 Å². The zero-order chi connectivity index (χ0) is 65.2. The molecule has 93 heavy (non-hydrogen) atoms. The van der Waals surface area contributed by atoms with Crippen LogP contribution in [0.3, 0.4) is 0 Å². The van der Waals surface area contributed by atoms with E-state index >= 15 is 0 Å². The summed E-state index contributed by atoms with van der Waals surface area (Å²) in [5.41, 5.74) is 22.0. The monoisotopic (exact) mass is 1240 g/mol. The van der Waals surface area contributed by atoms with Gasteiger partial charge in [0.25, 0.3) is 25.3 Å². The topological polar surface area (TPSA) is 67.1 Å². The van der Waals surface area contributed by atoms with Gasteiger partial charge in [-0.2, -0.15) is 0 Å². The Labute approximate surface area is 544 Å². The van der Waals surface area contributed by atoms with Crippen LogP contribution in [0.5, 0.6) is 0 Å². The molecular weight excluding hydrogens is 1160 g/mol. The van der Waals surface area contributed by atoms with Crippen molar-refractivity contribution in [2.75, 3.05) is 0 Å². The van der Waals surface area contributed by atoms with E-state index in [4.69, 9.17) is 9.97 Å². The van der Waals surface area contributed by atoms with Crippen molar-refractivity contribution in [1.82, 2.24) is 19.9 Å². The summed E-state index contributed by atoms with van der Waals surface area (Å²) in [7, 11) is 7.99. The molecule has 0 atom stereocenters. The largest absolute Gasteiger partial charge is 0.287 e. The van der Waals surface area contributed by atoms with Gasteiger partial charge in [-0.1, -0.05) is 69.5 Å². The van der Waals surface area contributed by atoms with Crippen molar-refractivity contribution in [2.45, 2.75) is 136 Å². The Morgan fingerprint density at radius 3 is 1.20 bits per heavy atom. The van der Waals surface area contributed by atoms with Gasteiger partial charge < -0.3 is 0 Å². The number of aryl methyl sites for hydroxylation is 8. The normalized spacial score (nSPS) is 14.0. The fourth-order valence-electron chi connectivity index (χ4n) is 14.1. The lowest BCUT2D eigenvalue weighted by Gasteiger charge is -2.25. The van der Waals surface area contributed by atoms with E-state index in [0.29, 0.717) is 23.7 Å². The molecule has 3 fully saturated rings. The molecule has 12 heteroatoms. The van der Waals surface area contributed by atoms with Crippen molar-refractivity contribution < 1.29 is 35.8 Å². The summed E-state index contributed by atoms with van der Waals surface area (Å²) in [5, 5.41) is 4.54. The lowest BCUT2D eigenvalue weighted by Crippen LogP contribution is -2.32. The van der Waals surface area contributed by atoms with Crippen LogP contribution in [0.2, 0.25) is 0 Å². The number of benzene rings is 8. The van der Waals surface area contributed by atoms with Crippen LogP contribution in [0.25, 0.3) is 88.6 Å². The number of fused-ring (bicyclic) bond motifs is 4. The van der Waals surface area contributed by atoms with Gasteiger partial charge in [0.1, 0.15) is 46.0 Å². The fraction of sp³-hybridized carbons (Fsp3) is 0.309. The Bertz CT molecular complexity index is 4710. The van der Waals surface area contributed by atoms with Crippen LogP contribution in [0.15, 0.2) is 171 Å². The summed E-state index contributed by atoms with van der Waals surface area (Å²) in [5.74, 6) is 1.76. The van der Waals surface area contributed by atoms with Gasteiger partial charge in [0.15, 0.2) is 22.1 Å².